The molecule has 2 rings (SSSR count). The maximum Gasteiger partial charge on any atom is 0.242 e. The molecule has 0 saturated heterocycles. The molecule has 1 fully saturated rings. The van der Waals surface area contributed by atoms with E-state index in [9.17, 15) is 8.42 Å². The second-order valence-corrected chi connectivity index (χ2v) is 8.36. The van der Waals surface area contributed by atoms with Gasteiger partial charge in [0.05, 0.1) is 0 Å². The van der Waals surface area contributed by atoms with E-state index < -0.39 is 10.0 Å². The minimum Gasteiger partial charge on any atom is -0.315 e. The lowest BCUT2D eigenvalue weighted by Gasteiger charge is -2.38. The van der Waals surface area contributed by atoms with Crippen molar-refractivity contribution in [2.24, 2.45) is 5.41 Å². The molecule has 0 amide bonds. The highest BCUT2D eigenvalue weighted by atomic mass is 32.2. The van der Waals surface area contributed by atoms with E-state index >= 15 is 0 Å². The molecule has 1 heterocycles. The Kier molecular flexibility index (Phi) is 4.35. The molecule has 108 valence electrons. The van der Waals surface area contributed by atoms with E-state index in [-0.39, 0.29) is 5.41 Å². The normalized spacial score (nSPS) is 18.3. The lowest BCUT2D eigenvalue weighted by Crippen LogP contribution is -2.40. The molecule has 0 atom stereocenters. The minimum absolute atomic E-state index is 0.153. The van der Waals surface area contributed by atoms with E-state index in [2.05, 4.69) is 17.0 Å². The van der Waals surface area contributed by atoms with Crippen LogP contribution in [-0.2, 0) is 16.6 Å². The Morgan fingerprint density at radius 3 is 2.63 bits per heavy atom. The summed E-state index contributed by atoms with van der Waals surface area (Å²) in [5.41, 5.74) is 0.988. The Bertz CT molecular complexity index is 545. The fourth-order valence-corrected chi connectivity index (χ4v) is 5.45. The fraction of sp³-hybridized carbons (Fsp3) is 0.692. The maximum atomic E-state index is 12.5. The number of thiophene rings is 1. The maximum absolute atomic E-state index is 12.5. The molecule has 0 aromatic carbocycles. The van der Waals surface area contributed by atoms with Crippen molar-refractivity contribution >= 4 is 21.4 Å². The number of hydrogen-bond donors (Lipinski definition) is 2. The summed E-state index contributed by atoms with van der Waals surface area (Å²) in [5, 5.41) is 4.93. The Morgan fingerprint density at radius 2 is 2.11 bits per heavy atom. The van der Waals surface area contributed by atoms with Crippen LogP contribution in [0.1, 0.15) is 36.6 Å². The van der Waals surface area contributed by atoms with Crippen LogP contribution in [0.2, 0.25) is 0 Å². The van der Waals surface area contributed by atoms with Crippen LogP contribution in [0, 0.1) is 12.3 Å². The van der Waals surface area contributed by atoms with E-state index in [0.717, 1.165) is 23.3 Å². The highest BCUT2D eigenvalue weighted by molar-refractivity contribution is 7.89. The van der Waals surface area contributed by atoms with Crippen molar-refractivity contribution in [3.05, 3.63) is 15.8 Å². The third-order valence-corrected chi connectivity index (χ3v) is 6.71. The highest BCUT2D eigenvalue weighted by Gasteiger charge is 2.33. The molecule has 1 aromatic heterocycles. The van der Waals surface area contributed by atoms with Gasteiger partial charge in [0.2, 0.25) is 10.0 Å². The second-order valence-electron chi connectivity index (χ2n) is 5.69. The number of aryl methyl sites for hydroxylation is 1. The second kappa shape index (κ2) is 5.52. The van der Waals surface area contributed by atoms with Gasteiger partial charge in [-0.1, -0.05) is 13.3 Å². The van der Waals surface area contributed by atoms with E-state index in [4.69, 9.17) is 0 Å². The Labute approximate surface area is 119 Å². The summed E-state index contributed by atoms with van der Waals surface area (Å²) in [5.74, 6) is 0. The van der Waals surface area contributed by atoms with E-state index in [1.165, 1.54) is 17.8 Å². The van der Waals surface area contributed by atoms with Crippen LogP contribution in [-0.4, -0.2) is 22.0 Å². The predicted octanol–water partition coefficient (Wildman–Crippen LogP) is 2.24. The Morgan fingerprint density at radius 1 is 1.42 bits per heavy atom. The molecule has 1 aromatic rings. The first kappa shape index (κ1) is 15.0. The Balaban J connectivity index is 2.16. The lowest BCUT2D eigenvalue weighted by molar-refractivity contribution is 0.166. The standard InChI is InChI=1S/C13H22N2O2S2/c1-10-8-18-11(7-14-3)12(10)19(16,17)15-9-13(2)5-4-6-13/h8,14-15H,4-7,9H2,1-3H3. The van der Waals surface area contributed by atoms with Gasteiger partial charge in [0.15, 0.2) is 0 Å². The van der Waals surface area contributed by atoms with Crippen LogP contribution in [0.25, 0.3) is 0 Å². The van der Waals surface area contributed by atoms with Crippen LogP contribution in [0.5, 0.6) is 0 Å². The SMILES string of the molecule is CNCc1scc(C)c1S(=O)(=O)NCC1(C)CCC1. The van der Waals surface area contributed by atoms with E-state index in [1.54, 1.807) is 0 Å². The minimum atomic E-state index is -3.39. The first-order valence-corrected chi connectivity index (χ1v) is 8.95. The molecule has 19 heavy (non-hydrogen) atoms. The van der Waals surface area contributed by atoms with Crippen molar-refractivity contribution in [2.45, 2.75) is 44.6 Å². The van der Waals surface area contributed by atoms with Gasteiger partial charge in [-0.2, -0.15) is 0 Å². The van der Waals surface area contributed by atoms with Gasteiger partial charge in [-0.3, -0.25) is 0 Å². The molecule has 0 aliphatic heterocycles. The first-order valence-electron chi connectivity index (χ1n) is 6.59. The van der Waals surface area contributed by atoms with Gasteiger partial charge in [-0.25, -0.2) is 13.1 Å². The van der Waals surface area contributed by atoms with Crippen LogP contribution in [0.15, 0.2) is 10.3 Å². The number of sulfonamides is 1. The first-order chi connectivity index (χ1) is 8.88. The zero-order valence-electron chi connectivity index (χ0n) is 11.7. The van der Waals surface area contributed by atoms with Crippen LogP contribution >= 0.6 is 11.3 Å². The largest absolute Gasteiger partial charge is 0.315 e. The average Bonchev–Trinajstić information content (AvgIpc) is 2.67. The summed E-state index contributed by atoms with van der Waals surface area (Å²) in [6, 6.07) is 0. The van der Waals surface area contributed by atoms with Gasteiger partial charge in [0, 0.05) is 18.0 Å². The summed E-state index contributed by atoms with van der Waals surface area (Å²) in [6.07, 6.45) is 3.43. The van der Waals surface area contributed by atoms with Gasteiger partial charge >= 0.3 is 0 Å². The quantitative estimate of drug-likeness (QED) is 0.847. The molecule has 4 nitrogen and oxygen atoms in total. The smallest absolute Gasteiger partial charge is 0.242 e. The average molecular weight is 302 g/mol. The van der Waals surface area contributed by atoms with Gasteiger partial charge in [-0.05, 0) is 43.2 Å². The molecule has 2 N–H and O–H groups in total. The molecular formula is C13H22N2O2S2. The molecule has 0 radical (unpaired) electrons. The molecular weight excluding hydrogens is 280 g/mol. The van der Waals surface area contributed by atoms with Crippen LogP contribution in [0.3, 0.4) is 0 Å². The van der Waals surface area contributed by atoms with Crippen molar-refractivity contribution in [3.63, 3.8) is 0 Å². The molecule has 0 unspecified atom stereocenters. The monoisotopic (exact) mass is 302 g/mol. The number of rotatable bonds is 6. The van der Waals surface area contributed by atoms with Crippen molar-refractivity contribution in [3.8, 4) is 0 Å². The van der Waals surface area contributed by atoms with Gasteiger partial charge in [-0.15, -0.1) is 11.3 Å². The van der Waals surface area contributed by atoms with Gasteiger partial charge in [0.1, 0.15) is 4.90 Å². The van der Waals surface area contributed by atoms with Crippen LogP contribution < -0.4 is 10.0 Å². The summed E-state index contributed by atoms with van der Waals surface area (Å²) in [6.45, 7) is 5.14. The molecule has 6 heteroatoms. The third kappa shape index (κ3) is 3.18. The fourth-order valence-electron chi connectivity index (χ4n) is 2.43. The topological polar surface area (TPSA) is 58.2 Å². The van der Waals surface area contributed by atoms with Crippen molar-refractivity contribution in [2.75, 3.05) is 13.6 Å². The number of hydrogen-bond acceptors (Lipinski definition) is 4. The molecule has 1 saturated carbocycles. The molecule has 1 aliphatic rings. The van der Waals surface area contributed by atoms with Crippen LogP contribution in [0.4, 0.5) is 0 Å². The summed E-state index contributed by atoms with van der Waals surface area (Å²) < 4.78 is 27.7. The van der Waals surface area contributed by atoms with Crippen molar-refractivity contribution in [1.29, 1.82) is 0 Å². The third-order valence-electron chi connectivity index (χ3n) is 3.85. The van der Waals surface area contributed by atoms with Gasteiger partial charge in [0.25, 0.3) is 0 Å². The van der Waals surface area contributed by atoms with E-state index in [0.29, 0.717) is 18.0 Å². The molecule has 0 spiro atoms. The molecule has 1 aliphatic carbocycles. The van der Waals surface area contributed by atoms with Gasteiger partial charge < -0.3 is 5.32 Å². The van der Waals surface area contributed by atoms with E-state index in [1.807, 2.05) is 19.4 Å². The van der Waals surface area contributed by atoms with Crippen molar-refractivity contribution in [1.82, 2.24) is 10.0 Å². The van der Waals surface area contributed by atoms with Crippen molar-refractivity contribution < 1.29 is 8.42 Å². The number of nitrogens with one attached hydrogen (secondary N) is 2. The lowest BCUT2D eigenvalue weighted by atomic mass is 9.71. The molecule has 0 bridgehead atoms. The zero-order chi connectivity index (χ0) is 14.1. The zero-order valence-corrected chi connectivity index (χ0v) is 13.4. The summed E-state index contributed by atoms with van der Waals surface area (Å²) >= 11 is 1.50. The highest BCUT2D eigenvalue weighted by Crippen LogP contribution is 2.40. The predicted molar refractivity (Wildman–Crippen MR) is 79.0 cm³/mol. The Hall–Kier alpha value is -0.430. The summed E-state index contributed by atoms with van der Waals surface area (Å²) in [7, 11) is -1.56. The summed E-state index contributed by atoms with van der Waals surface area (Å²) in [4.78, 5) is 1.35.